The minimum Gasteiger partial charge on any atom is -0.381 e. The molecule has 0 bridgehead atoms. The van der Waals surface area contributed by atoms with Gasteiger partial charge in [-0.05, 0) is 56.3 Å². The Kier molecular flexibility index (Phi) is 4.65. The van der Waals surface area contributed by atoms with Crippen molar-refractivity contribution in [2.45, 2.75) is 43.7 Å². The van der Waals surface area contributed by atoms with E-state index < -0.39 is 0 Å². The second kappa shape index (κ2) is 6.66. The third kappa shape index (κ3) is 3.57. The zero-order valence-corrected chi connectivity index (χ0v) is 12.0. The minimum absolute atomic E-state index is 0.0881. The average Bonchev–Trinajstić information content (AvgIpc) is 2.49. The predicted molar refractivity (Wildman–Crippen MR) is 77.7 cm³/mol. The lowest BCUT2D eigenvalue weighted by atomic mass is 9.84. The smallest absolute Gasteiger partial charge is 0.0741 e. The van der Waals surface area contributed by atoms with E-state index in [0.717, 1.165) is 58.5 Å². The van der Waals surface area contributed by atoms with Crippen molar-refractivity contribution >= 4 is 0 Å². The standard InChI is InChI=1S/C16H24N2O2/c1-7-17-8-2-14(1)3-9-18-15-4-10-20-16(13-15)5-11-19-12-6-16/h1-2,7-8,15,18H,3-6,9-13H2. The van der Waals surface area contributed by atoms with Gasteiger partial charge >= 0.3 is 0 Å². The molecule has 0 radical (unpaired) electrons. The first-order chi connectivity index (χ1) is 9.86. The number of pyridine rings is 1. The van der Waals surface area contributed by atoms with Crippen LogP contribution >= 0.6 is 0 Å². The van der Waals surface area contributed by atoms with E-state index in [9.17, 15) is 0 Å². The summed E-state index contributed by atoms with van der Waals surface area (Å²) in [6.45, 7) is 3.61. The Morgan fingerprint density at radius 1 is 1.20 bits per heavy atom. The summed E-state index contributed by atoms with van der Waals surface area (Å²) in [5, 5.41) is 3.70. The molecule has 1 unspecified atom stereocenters. The summed E-state index contributed by atoms with van der Waals surface area (Å²) in [7, 11) is 0. The Morgan fingerprint density at radius 3 is 2.80 bits per heavy atom. The van der Waals surface area contributed by atoms with Gasteiger partial charge in [-0.25, -0.2) is 0 Å². The van der Waals surface area contributed by atoms with Gasteiger partial charge < -0.3 is 14.8 Å². The first-order valence-electron chi connectivity index (χ1n) is 7.70. The normalized spacial score (nSPS) is 25.7. The first kappa shape index (κ1) is 14.0. The molecular weight excluding hydrogens is 252 g/mol. The van der Waals surface area contributed by atoms with Crippen molar-refractivity contribution in [1.29, 1.82) is 0 Å². The largest absolute Gasteiger partial charge is 0.381 e. The van der Waals surface area contributed by atoms with E-state index >= 15 is 0 Å². The summed E-state index contributed by atoms with van der Waals surface area (Å²) in [6, 6.07) is 4.76. The summed E-state index contributed by atoms with van der Waals surface area (Å²) in [5.74, 6) is 0. The van der Waals surface area contributed by atoms with Crippen LogP contribution in [0.2, 0.25) is 0 Å². The van der Waals surface area contributed by atoms with E-state index in [1.807, 2.05) is 12.4 Å². The van der Waals surface area contributed by atoms with Crippen LogP contribution in [0.15, 0.2) is 24.5 Å². The molecule has 1 N–H and O–H groups in total. The molecule has 1 spiro atoms. The Bertz CT molecular complexity index is 399. The second-order valence-corrected chi connectivity index (χ2v) is 5.89. The zero-order valence-electron chi connectivity index (χ0n) is 12.0. The molecule has 0 amide bonds. The monoisotopic (exact) mass is 276 g/mol. The van der Waals surface area contributed by atoms with Crippen LogP contribution in [0.3, 0.4) is 0 Å². The van der Waals surface area contributed by atoms with Crippen LogP contribution < -0.4 is 5.32 Å². The zero-order chi connectivity index (χ0) is 13.7. The van der Waals surface area contributed by atoms with Crippen LogP contribution in [0.5, 0.6) is 0 Å². The Hall–Kier alpha value is -0.970. The molecule has 2 aliphatic heterocycles. The van der Waals surface area contributed by atoms with Gasteiger partial charge in [-0.2, -0.15) is 0 Å². The summed E-state index contributed by atoms with van der Waals surface area (Å²) < 4.78 is 11.5. The molecule has 0 aromatic carbocycles. The molecule has 3 heterocycles. The van der Waals surface area contributed by atoms with E-state index in [1.165, 1.54) is 5.56 Å². The lowest BCUT2D eigenvalue weighted by molar-refractivity contribution is -0.140. The molecule has 2 fully saturated rings. The lowest BCUT2D eigenvalue weighted by Gasteiger charge is -2.43. The number of hydrogen-bond acceptors (Lipinski definition) is 4. The number of ether oxygens (including phenoxy) is 2. The highest BCUT2D eigenvalue weighted by Gasteiger charge is 2.38. The molecule has 0 aliphatic carbocycles. The molecule has 0 saturated carbocycles. The van der Waals surface area contributed by atoms with E-state index in [-0.39, 0.29) is 5.60 Å². The van der Waals surface area contributed by atoms with Gasteiger partial charge in [0.25, 0.3) is 0 Å². The molecule has 1 aromatic heterocycles. The number of hydrogen-bond donors (Lipinski definition) is 1. The summed E-state index contributed by atoms with van der Waals surface area (Å²) in [6.07, 6.45) is 9.15. The van der Waals surface area contributed by atoms with Crippen molar-refractivity contribution in [1.82, 2.24) is 10.3 Å². The fraction of sp³-hybridized carbons (Fsp3) is 0.688. The Balaban J connectivity index is 1.45. The minimum atomic E-state index is 0.0881. The average molecular weight is 276 g/mol. The Morgan fingerprint density at radius 2 is 2.00 bits per heavy atom. The summed E-state index contributed by atoms with van der Waals surface area (Å²) >= 11 is 0. The van der Waals surface area contributed by atoms with Crippen LogP contribution in [0.4, 0.5) is 0 Å². The van der Waals surface area contributed by atoms with Crippen molar-refractivity contribution in [3.8, 4) is 0 Å². The molecule has 4 nitrogen and oxygen atoms in total. The molecule has 2 saturated heterocycles. The molecule has 20 heavy (non-hydrogen) atoms. The van der Waals surface area contributed by atoms with Crippen molar-refractivity contribution in [2.75, 3.05) is 26.4 Å². The van der Waals surface area contributed by atoms with Crippen molar-refractivity contribution in [3.63, 3.8) is 0 Å². The van der Waals surface area contributed by atoms with Crippen LogP contribution in [-0.2, 0) is 15.9 Å². The van der Waals surface area contributed by atoms with Gasteiger partial charge in [0, 0.05) is 38.3 Å². The molecule has 2 aliphatic rings. The second-order valence-electron chi connectivity index (χ2n) is 5.89. The highest BCUT2D eigenvalue weighted by atomic mass is 16.5. The maximum atomic E-state index is 6.07. The molecule has 1 atom stereocenters. The van der Waals surface area contributed by atoms with Gasteiger partial charge in [0.15, 0.2) is 0 Å². The quantitative estimate of drug-likeness (QED) is 0.913. The van der Waals surface area contributed by atoms with Gasteiger partial charge in [-0.3, -0.25) is 4.98 Å². The topological polar surface area (TPSA) is 43.4 Å². The highest BCUT2D eigenvalue weighted by Crippen LogP contribution is 2.34. The maximum absolute atomic E-state index is 6.07. The molecule has 4 heteroatoms. The highest BCUT2D eigenvalue weighted by molar-refractivity contribution is 5.09. The molecule has 3 rings (SSSR count). The van der Waals surface area contributed by atoms with E-state index in [1.54, 1.807) is 0 Å². The van der Waals surface area contributed by atoms with Gasteiger partial charge in [-0.15, -0.1) is 0 Å². The fourth-order valence-corrected chi connectivity index (χ4v) is 3.26. The van der Waals surface area contributed by atoms with Gasteiger partial charge in [0.1, 0.15) is 0 Å². The van der Waals surface area contributed by atoms with Crippen molar-refractivity contribution in [2.24, 2.45) is 0 Å². The van der Waals surface area contributed by atoms with E-state index in [0.29, 0.717) is 6.04 Å². The summed E-state index contributed by atoms with van der Waals surface area (Å²) in [4.78, 5) is 4.05. The van der Waals surface area contributed by atoms with Crippen LogP contribution in [-0.4, -0.2) is 43.0 Å². The number of aromatic nitrogens is 1. The van der Waals surface area contributed by atoms with Crippen LogP contribution in [0.1, 0.15) is 31.2 Å². The van der Waals surface area contributed by atoms with Gasteiger partial charge in [-0.1, -0.05) is 0 Å². The number of rotatable bonds is 4. The summed E-state index contributed by atoms with van der Waals surface area (Å²) in [5.41, 5.74) is 1.44. The van der Waals surface area contributed by atoms with E-state index in [2.05, 4.69) is 22.4 Å². The van der Waals surface area contributed by atoms with E-state index in [4.69, 9.17) is 9.47 Å². The SMILES string of the molecule is c1cc(CCNC2CCOC3(CCOCC3)C2)ccn1. The fourth-order valence-electron chi connectivity index (χ4n) is 3.26. The first-order valence-corrected chi connectivity index (χ1v) is 7.70. The predicted octanol–water partition coefficient (Wildman–Crippen LogP) is 1.94. The molecular formula is C16H24N2O2. The lowest BCUT2D eigenvalue weighted by Crippen LogP contribution is -2.50. The van der Waals surface area contributed by atoms with Crippen molar-refractivity contribution in [3.05, 3.63) is 30.1 Å². The number of nitrogens with one attached hydrogen (secondary N) is 1. The third-order valence-electron chi connectivity index (χ3n) is 4.49. The maximum Gasteiger partial charge on any atom is 0.0741 e. The van der Waals surface area contributed by atoms with Gasteiger partial charge in [0.2, 0.25) is 0 Å². The van der Waals surface area contributed by atoms with Gasteiger partial charge in [0.05, 0.1) is 5.60 Å². The molecule has 110 valence electrons. The number of nitrogens with zero attached hydrogens (tertiary/aromatic N) is 1. The van der Waals surface area contributed by atoms with Crippen molar-refractivity contribution < 1.29 is 9.47 Å². The molecule has 1 aromatic rings. The van der Waals surface area contributed by atoms with Crippen LogP contribution in [0.25, 0.3) is 0 Å². The third-order valence-corrected chi connectivity index (χ3v) is 4.49. The Labute approximate surface area is 120 Å². The van der Waals surface area contributed by atoms with Crippen LogP contribution in [0, 0.1) is 0 Å².